The van der Waals surface area contributed by atoms with Crippen molar-refractivity contribution in [2.45, 2.75) is 25.5 Å². The third kappa shape index (κ3) is 2.46. The van der Waals surface area contributed by atoms with Crippen LogP contribution in [0.4, 0.5) is 0 Å². The number of ether oxygens (including phenoxy) is 2. The number of carbonyl (C=O) groups is 1. The van der Waals surface area contributed by atoms with Crippen molar-refractivity contribution >= 4 is 17.0 Å². The Kier molecular flexibility index (Phi) is 3.31. The highest BCUT2D eigenvalue weighted by atomic mass is 16.5. The number of aromatic nitrogens is 2. The number of nitrogens with zero attached hydrogens (tertiary/aromatic N) is 2. The van der Waals surface area contributed by atoms with Gasteiger partial charge in [0.15, 0.2) is 0 Å². The fraction of sp³-hybridized carbons (Fsp3) is 0.429. The highest BCUT2D eigenvalue weighted by Gasteiger charge is 2.28. The van der Waals surface area contributed by atoms with Crippen molar-refractivity contribution in [3.8, 4) is 5.75 Å². The molecule has 1 saturated carbocycles. The van der Waals surface area contributed by atoms with Crippen LogP contribution < -0.4 is 4.74 Å². The van der Waals surface area contributed by atoms with E-state index in [1.165, 1.54) is 0 Å². The molecule has 6 nitrogen and oxygen atoms in total. The summed E-state index contributed by atoms with van der Waals surface area (Å²) >= 11 is 0. The van der Waals surface area contributed by atoms with Crippen molar-refractivity contribution in [3.63, 3.8) is 0 Å². The fourth-order valence-corrected chi connectivity index (χ4v) is 2.33. The van der Waals surface area contributed by atoms with Crippen LogP contribution in [-0.2, 0) is 16.1 Å². The molecule has 6 heteroatoms. The third-order valence-electron chi connectivity index (χ3n) is 3.34. The predicted octanol–water partition coefficient (Wildman–Crippen LogP) is 1.98. The van der Waals surface area contributed by atoms with Gasteiger partial charge in [0.2, 0.25) is 0 Å². The molecule has 0 bridgehead atoms. The van der Waals surface area contributed by atoms with Crippen LogP contribution >= 0.6 is 0 Å². The van der Waals surface area contributed by atoms with Crippen LogP contribution in [0.5, 0.6) is 5.75 Å². The first kappa shape index (κ1) is 12.9. The van der Waals surface area contributed by atoms with Crippen LogP contribution in [0.15, 0.2) is 18.2 Å². The van der Waals surface area contributed by atoms with Gasteiger partial charge in [-0.05, 0) is 25.0 Å². The van der Waals surface area contributed by atoms with Gasteiger partial charge in [0.25, 0.3) is 0 Å². The summed E-state index contributed by atoms with van der Waals surface area (Å²) in [6.07, 6.45) is 2.26. The Morgan fingerprint density at radius 2 is 2.30 bits per heavy atom. The second-order valence-corrected chi connectivity index (χ2v) is 4.87. The van der Waals surface area contributed by atoms with Gasteiger partial charge in [0.1, 0.15) is 24.8 Å². The molecule has 0 saturated heterocycles. The van der Waals surface area contributed by atoms with Gasteiger partial charge in [-0.1, -0.05) is 0 Å². The maximum atomic E-state index is 10.5. The second-order valence-electron chi connectivity index (χ2n) is 4.87. The van der Waals surface area contributed by atoms with Crippen LogP contribution in [0.3, 0.4) is 0 Å². The first-order chi connectivity index (χ1) is 9.69. The van der Waals surface area contributed by atoms with Crippen LogP contribution in [-0.4, -0.2) is 34.3 Å². The van der Waals surface area contributed by atoms with Crippen LogP contribution in [0.1, 0.15) is 24.7 Å². The van der Waals surface area contributed by atoms with Crippen molar-refractivity contribution in [2.24, 2.45) is 0 Å². The number of methoxy groups -OCH3 is 1. The molecule has 1 N–H and O–H groups in total. The number of carboxylic acid groups (broad SMARTS) is 1. The highest BCUT2D eigenvalue weighted by molar-refractivity contribution is 5.78. The van der Waals surface area contributed by atoms with Gasteiger partial charge in [-0.25, -0.2) is 9.78 Å². The van der Waals surface area contributed by atoms with E-state index in [0.29, 0.717) is 6.04 Å². The minimum absolute atomic E-state index is 0.208. The summed E-state index contributed by atoms with van der Waals surface area (Å²) in [6.45, 7) is -0.100. The Hall–Kier alpha value is -2.08. The lowest BCUT2D eigenvalue weighted by molar-refractivity contribution is -0.142. The van der Waals surface area contributed by atoms with Crippen molar-refractivity contribution in [3.05, 3.63) is 24.0 Å². The summed E-state index contributed by atoms with van der Waals surface area (Å²) < 4.78 is 12.5. The molecule has 3 rings (SSSR count). The monoisotopic (exact) mass is 276 g/mol. The molecule has 20 heavy (non-hydrogen) atoms. The minimum Gasteiger partial charge on any atom is -0.497 e. The number of aliphatic carboxylic acids is 1. The zero-order valence-corrected chi connectivity index (χ0v) is 11.2. The number of fused-ring (bicyclic) bond motifs is 1. The van der Waals surface area contributed by atoms with Gasteiger partial charge < -0.3 is 19.1 Å². The number of hydrogen-bond donors (Lipinski definition) is 1. The largest absolute Gasteiger partial charge is 0.497 e. The van der Waals surface area contributed by atoms with Crippen LogP contribution in [0.2, 0.25) is 0 Å². The normalized spacial score (nSPS) is 14.7. The Balaban J connectivity index is 1.93. The molecular weight excluding hydrogens is 260 g/mol. The van der Waals surface area contributed by atoms with Crippen LogP contribution in [0.25, 0.3) is 11.0 Å². The van der Waals surface area contributed by atoms with Crippen LogP contribution in [0, 0.1) is 0 Å². The van der Waals surface area contributed by atoms with E-state index in [9.17, 15) is 4.79 Å². The molecule has 106 valence electrons. The smallest absolute Gasteiger partial charge is 0.329 e. The molecule has 1 aromatic carbocycles. The first-order valence-electron chi connectivity index (χ1n) is 6.53. The zero-order chi connectivity index (χ0) is 14.1. The molecule has 1 aromatic heterocycles. The molecule has 0 unspecified atom stereocenters. The van der Waals surface area contributed by atoms with Gasteiger partial charge in [-0.15, -0.1) is 0 Å². The lowest BCUT2D eigenvalue weighted by atomic mass is 10.3. The quantitative estimate of drug-likeness (QED) is 0.873. The topological polar surface area (TPSA) is 73.6 Å². The second kappa shape index (κ2) is 5.13. The van der Waals surface area contributed by atoms with E-state index in [2.05, 4.69) is 9.55 Å². The average Bonchev–Trinajstić information content (AvgIpc) is 3.19. The lowest BCUT2D eigenvalue weighted by Crippen LogP contribution is -2.10. The van der Waals surface area contributed by atoms with E-state index in [0.717, 1.165) is 35.4 Å². The van der Waals surface area contributed by atoms with Gasteiger partial charge in [0, 0.05) is 12.1 Å². The highest BCUT2D eigenvalue weighted by Crippen LogP contribution is 2.39. The fourth-order valence-electron chi connectivity index (χ4n) is 2.33. The Morgan fingerprint density at radius 1 is 1.50 bits per heavy atom. The maximum Gasteiger partial charge on any atom is 0.329 e. The molecule has 0 spiro atoms. The number of carboxylic acids is 1. The van der Waals surface area contributed by atoms with E-state index < -0.39 is 5.97 Å². The summed E-state index contributed by atoms with van der Waals surface area (Å²) in [6, 6.07) is 6.23. The lowest BCUT2D eigenvalue weighted by Gasteiger charge is -2.07. The minimum atomic E-state index is -0.972. The average molecular weight is 276 g/mol. The van der Waals surface area contributed by atoms with Crippen molar-refractivity contribution < 1.29 is 19.4 Å². The number of hydrogen-bond acceptors (Lipinski definition) is 4. The molecule has 2 aromatic rings. The Bertz CT molecular complexity index is 646. The van der Waals surface area contributed by atoms with Crippen molar-refractivity contribution in [1.82, 2.24) is 9.55 Å². The predicted molar refractivity (Wildman–Crippen MR) is 71.8 cm³/mol. The van der Waals surface area contributed by atoms with Gasteiger partial charge in [-0.3, -0.25) is 0 Å². The molecule has 0 radical (unpaired) electrons. The molecule has 1 heterocycles. The Labute approximate surface area is 115 Å². The summed E-state index contributed by atoms with van der Waals surface area (Å²) in [5, 5.41) is 8.62. The molecule has 1 fully saturated rings. The molecule has 1 aliphatic carbocycles. The van der Waals surface area contributed by atoms with Crippen molar-refractivity contribution in [2.75, 3.05) is 13.7 Å². The van der Waals surface area contributed by atoms with E-state index in [1.807, 2.05) is 18.2 Å². The molecular formula is C14H16N2O4. The van der Waals surface area contributed by atoms with E-state index in [-0.39, 0.29) is 13.2 Å². The summed E-state index contributed by atoms with van der Waals surface area (Å²) in [5.74, 6) is 0.564. The SMILES string of the molecule is COc1ccc2c(c1)nc(COCC(=O)O)n2C1CC1. The van der Waals surface area contributed by atoms with Gasteiger partial charge >= 0.3 is 5.97 Å². The number of imidazole rings is 1. The molecule has 0 aliphatic heterocycles. The summed E-state index contributed by atoms with van der Waals surface area (Å²) in [7, 11) is 1.62. The molecule has 0 atom stereocenters. The third-order valence-corrected chi connectivity index (χ3v) is 3.34. The van der Waals surface area contributed by atoms with Gasteiger partial charge in [-0.2, -0.15) is 0 Å². The van der Waals surface area contributed by atoms with Gasteiger partial charge in [0.05, 0.1) is 18.1 Å². The Morgan fingerprint density at radius 3 is 2.95 bits per heavy atom. The summed E-state index contributed by atoms with van der Waals surface area (Å²) in [5.41, 5.74) is 1.90. The molecule has 1 aliphatic rings. The van der Waals surface area contributed by atoms with E-state index in [4.69, 9.17) is 14.6 Å². The van der Waals surface area contributed by atoms with Crippen molar-refractivity contribution in [1.29, 1.82) is 0 Å². The molecule has 0 amide bonds. The summed E-state index contributed by atoms with van der Waals surface area (Å²) in [4.78, 5) is 15.1. The zero-order valence-electron chi connectivity index (χ0n) is 11.2. The standard InChI is InChI=1S/C14H16N2O4/c1-19-10-4-5-12-11(6-10)15-13(7-20-8-14(17)18)16(12)9-2-3-9/h4-6,9H,2-3,7-8H2,1H3,(H,17,18). The first-order valence-corrected chi connectivity index (χ1v) is 6.53. The number of rotatable bonds is 6. The van der Waals surface area contributed by atoms with E-state index in [1.54, 1.807) is 7.11 Å². The number of benzene rings is 1. The maximum absolute atomic E-state index is 10.5. The van der Waals surface area contributed by atoms with E-state index >= 15 is 0 Å².